The molecule has 0 atom stereocenters. The van der Waals surface area contributed by atoms with E-state index in [4.69, 9.17) is 5.73 Å². The Hall–Kier alpha value is -1.78. The molecule has 5 nitrogen and oxygen atoms in total. The third-order valence-electron chi connectivity index (χ3n) is 1.81. The lowest BCUT2D eigenvalue weighted by molar-refractivity contribution is -0.119. The molecule has 1 aromatic rings. The number of carbonyl (C=O) groups excluding carboxylic acids is 1. The van der Waals surface area contributed by atoms with Crippen molar-refractivity contribution >= 4 is 17.4 Å². The summed E-state index contributed by atoms with van der Waals surface area (Å²) >= 11 is 0. The predicted molar refractivity (Wildman–Crippen MR) is 60.4 cm³/mol. The maximum Gasteiger partial charge on any atom is 0.239 e. The number of rotatable bonds is 5. The lowest BCUT2D eigenvalue weighted by Gasteiger charge is -2.06. The van der Waals surface area contributed by atoms with Crippen molar-refractivity contribution in [3.05, 3.63) is 18.3 Å². The van der Waals surface area contributed by atoms with Gasteiger partial charge >= 0.3 is 0 Å². The van der Waals surface area contributed by atoms with E-state index in [0.717, 1.165) is 12.1 Å². The van der Waals surface area contributed by atoms with E-state index < -0.39 is 0 Å². The first kappa shape index (κ1) is 11.3. The molecular weight excluding hydrogens is 192 g/mol. The number of hydrogen-bond donors (Lipinski definition) is 3. The van der Waals surface area contributed by atoms with Crippen LogP contribution in [-0.2, 0) is 4.79 Å². The van der Waals surface area contributed by atoms with Crippen molar-refractivity contribution in [3.8, 4) is 0 Å². The minimum atomic E-state index is -0.0211. The zero-order valence-corrected chi connectivity index (χ0v) is 8.79. The first-order chi connectivity index (χ1) is 7.22. The van der Waals surface area contributed by atoms with Crippen LogP contribution in [0.2, 0.25) is 0 Å². The SMILES string of the molecule is CCCNC(=O)CNc1ccnc(N)c1. The van der Waals surface area contributed by atoms with Gasteiger partial charge in [-0.3, -0.25) is 4.79 Å². The van der Waals surface area contributed by atoms with Gasteiger partial charge in [0.05, 0.1) is 6.54 Å². The Labute approximate surface area is 89.1 Å². The molecule has 4 N–H and O–H groups in total. The highest BCUT2D eigenvalue weighted by atomic mass is 16.1. The van der Waals surface area contributed by atoms with E-state index in [2.05, 4.69) is 15.6 Å². The topological polar surface area (TPSA) is 80.0 Å². The summed E-state index contributed by atoms with van der Waals surface area (Å²) < 4.78 is 0. The largest absolute Gasteiger partial charge is 0.384 e. The Morgan fingerprint density at radius 3 is 3.07 bits per heavy atom. The number of nitrogens with one attached hydrogen (secondary N) is 2. The number of nitrogens with zero attached hydrogens (tertiary/aromatic N) is 1. The van der Waals surface area contributed by atoms with Gasteiger partial charge in [-0.15, -0.1) is 0 Å². The standard InChI is InChI=1S/C10H16N4O/c1-2-4-13-10(15)7-14-8-3-5-12-9(11)6-8/h3,5-6H,2,4,7H2,1H3,(H,13,15)(H3,11,12,14). The van der Waals surface area contributed by atoms with E-state index in [-0.39, 0.29) is 12.5 Å². The van der Waals surface area contributed by atoms with Gasteiger partial charge in [0.1, 0.15) is 5.82 Å². The summed E-state index contributed by atoms with van der Waals surface area (Å²) in [6.07, 6.45) is 2.54. The summed E-state index contributed by atoms with van der Waals surface area (Å²) in [5.41, 5.74) is 6.29. The van der Waals surface area contributed by atoms with Gasteiger partial charge in [-0.2, -0.15) is 0 Å². The van der Waals surface area contributed by atoms with Crippen LogP contribution < -0.4 is 16.4 Å². The third kappa shape index (κ3) is 4.30. The minimum Gasteiger partial charge on any atom is -0.384 e. The molecule has 0 saturated carbocycles. The summed E-state index contributed by atoms with van der Waals surface area (Å²) in [6, 6.07) is 3.45. The average Bonchev–Trinajstić information content (AvgIpc) is 2.23. The molecule has 15 heavy (non-hydrogen) atoms. The van der Waals surface area contributed by atoms with Crippen molar-refractivity contribution in [2.24, 2.45) is 0 Å². The van der Waals surface area contributed by atoms with Gasteiger partial charge in [0.25, 0.3) is 0 Å². The Morgan fingerprint density at radius 2 is 2.40 bits per heavy atom. The number of hydrogen-bond acceptors (Lipinski definition) is 4. The number of nitrogen functional groups attached to an aromatic ring is 1. The van der Waals surface area contributed by atoms with Crippen LogP contribution in [0.25, 0.3) is 0 Å². The number of nitrogens with two attached hydrogens (primary N) is 1. The van der Waals surface area contributed by atoms with Crippen molar-refractivity contribution in [1.82, 2.24) is 10.3 Å². The highest BCUT2D eigenvalue weighted by Crippen LogP contribution is 2.07. The van der Waals surface area contributed by atoms with Crippen LogP contribution in [-0.4, -0.2) is 24.0 Å². The summed E-state index contributed by atoms with van der Waals surface area (Å²) in [5.74, 6) is 0.418. The van der Waals surface area contributed by atoms with Crippen LogP contribution in [0.4, 0.5) is 11.5 Å². The number of carbonyl (C=O) groups is 1. The van der Waals surface area contributed by atoms with E-state index in [1.807, 2.05) is 6.92 Å². The molecule has 0 radical (unpaired) electrons. The summed E-state index contributed by atoms with van der Waals surface area (Å²) in [7, 11) is 0. The average molecular weight is 208 g/mol. The molecule has 5 heteroatoms. The Morgan fingerprint density at radius 1 is 1.60 bits per heavy atom. The van der Waals surface area contributed by atoms with Crippen molar-refractivity contribution < 1.29 is 4.79 Å². The highest BCUT2D eigenvalue weighted by Gasteiger charge is 1.99. The lowest BCUT2D eigenvalue weighted by Crippen LogP contribution is -2.30. The molecule has 0 unspecified atom stereocenters. The number of pyridine rings is 1. The monoisotopic (exact) mass is 208 g/mol. The maximum atomic E-state index is 11.2. The number of aromatic nitrogens is 1. The second-order valence-corrected chi connectivity index (χ2v) is 3.17. The van der Waals surface area contributed by atoms with Crippen LogP contribution in [0.5, 0.6) is 0 Å². The molecular formula is C10H16N4O. The molecule has 1 heterocycles. The molecule has 0 bridgehead atoms. The fraction of sp³-hybridized carbons (Fsp3) is 0.400. The van der Waals surface area contributed by atoms with Gasteiger partial charge in [0, 0.05) is 24.5 Å². The zero-order chi connectivity index (χ0) is 11.1. The van der Waals surface area contributed by atoms with E-state index in [1.165, 1.54) is 0 Å². The quantitative estimate of drug-likeness (QED) is 0.662. The number of anilines is 2. The smallest absolute Gasteiger partial charge is 0.239 e. The van der Waals surface area contributed by atoms with Gasteiger partial charge in [-0.05, 0) is 12.5 Å². The van der Waals surface area contributed by atoms with Crippen molar-refractivity contribution in [3.63, 3.8) is 0 Å². The molecule has 0 aliphatic heterocycles. The van der Waals surface area contributed by atoms with E-state index in [9.17, 15) is 4.79 Å². The van der Waals surface area contributed by atoms with E-state index in [0.29, 0.717) is 12.4 Å². The Balaban J connectivity index is 2.33. The zero-order valence-electron chi connectivity index (χ0n) is 8.79. The van der Waals surface area contributed by atoms with Gasteiger partial charge in [-0.25, -0.2) is 4.98 Å². The molecule has 0 aliphatic carbocycles. The second kappa shape index (κ2) is 5.85. The number of amides is 1. The molecule has 0 spiro atoms. The normalized spacial score (nSPS) is 9.67. The second-order valence-electron chi connectivity index (χ2n) is 3.17. The van der Waals surface area contributed by atoms with Gasteiger partial charge < -0.3 is 16.4 Å². The van der Waals surface area contributed by atoms with Crippen LogP contribution >= 0.6 is 0 Å². The Bertz CT molecular complexity index is 327. The van der Waals surface area contributed by atoms with Crippen LogP contribution in [0, 0.1) is 0 Å². The van der Waals surface area contributed by atoms with Gasteiger partial charge in [0.2, 0.25) is 5.91 Å². The molecule has 82 valence electrons. The van der Waals surface area contributed by atoms with Crippen LogP contribution in [0.3, 0.4) is 0 Å². The van der Waals surface area contributed by atoms with Crippen LogP contribution in [0.15, 0.2) is 18.3 Å². The lowest BCUT2D eigenvalue weighted by atomic mass is 10.4. The third-order valence-corrected chi connectivity index (χ3v) is 1.81. The van der Waals surface area contributed by atoms with Crippen molar-refractivity contribution in [2.75, 3.05) is 24.1 Å². The fourth-order valence-corrected chi connectivity index (χ4v) is 1.07. The fourth-order valence-electron chi connectivity index (χ4n) is 1.07. The molecule has 0 aromatic carbocycles. The molecule has 0 fully saturated rings. The minimum absolute atomic E-state index is 0.0211. The highest BCUT2D eigenvalue weighted by molar-refractivity contribution is 5.80. The van der Waals surface area contributed by atoms with Gasteiger partial charge in [0.15, 0.2) is 0 Å². The van der Waals surface area contributed by atoms with Gasteiger partial charge in [-0.1, -0.05) is 6.92 Å². The predicted octanol–water partition coefficient (Wildman–Crippen LogP) is 0.602. The molecule has 1 rings (SSSR count). The van der Waals surface area contributed by atoms with Crippen molar-refractivity contribution in [2.45, 2.75) is 13.3 Å². The van der Waals surface area contributed by atoms with E-state index >= 15 is 0 Å². The maximum absolute atomic E-state index is 11.2. The van der Waals surface area contributed by atoms with Crippen LogP contribution in [0.1, 0.15) is 13.3 Å². The molecule has 1 aromatic heterocycles. The van der Waals surface area contributed by atoms with Crippen molar-refractivity contribution in [1.29, 1.82) is 0 Å². The molecule has 0 saturated heterocycles. The summed E-state index contributed by atoms with van der Waals surface area (Å²) in [4.78, 5) is 15.1. The first-order valence-electron chi connectivity index (χ1n) is 4.94. The van der Waals surface area contributed by atoms with E-state index in [1.54, 1.807) is 18.3 Å². The first-order valence-corrected chi connectivity index (χ1v) is 4.94. The summed E-state index contributed by atoms with van der Waals surface area (Å²) in [6.45, 7) is 2.97. The Kier molecular flexibility index (Phi) is 4.40. The molecule has 1 amide bonds. The molecule has 0 aliphatic rings. The summed E-state index contributed by atoms with van der Waals surface area (Å²) in [5, 5.41) is 5.73.